The van der Waals surface area contributed by atoms with E-state index in [0.717, 1.165) is 87.2 Å². The summed E-state index contributed by atoms with van der Waals surface area (Å²) in [6.45, 7) is 0. The van der Waals surface area contributed by atoms with Crippen molar-refractivity contribution in [2.75, 3.05) is 0 Å². The van der Waals surface area contributed by atoms with Gasteiger partial charge in [0, 0.05) is 58.2 Å². The molecule has 0 radical (unpaired) electrons. The highest BCUT2D eigenvalue weighted by atomic mass is 15.0. The zero-order valence-corrected chi connectivity index (χ0v) is 31.9. The second-order valence-electron chi connectivity index (χ2n) is 14.8. The van der Waals surface area contributed by atoms with E-state index in [-0.39, 0.29) is 0 Å². The second-order valence-corrected chi connectivity index (χ2v) is 14.8. The molecule has 12 rings (SSSR count). The van der Waals surface area contributed by atoms with E-state index in [9.17, 15) is 0 Å². The molecule has 0 atom stereocenters. The highest BCUT2D eigenvalue weighted by molar-refractivity contribution is 6.27. The molecule has 0 spiro atoms. The SMILES string of the molecule is c1ccc2c(-c3nc(-c4ccncc4)nc(-c4ccc5ccc6c(-c7nc(-c8ccncc8)nc(-c8cccc9ccccc89)n7)ccc7ccc4c5c76)n3)cccc2c1. The van der Waals surface area contributed by atoms with E-state index in [1.807, 2.05) is 48.5 Å². The van der Waals surface area contributed by atoms with Gasteiger partial charge in [-0.05, 0) is 90.3 Å². The molecule has 12 aromatic rings. The maximum absolute atomic E-state index is 5.23. The molecule has 8 nitrogen and oxygen atoms in total. The number of fused-ring (bicyclic) bond motifs is 2. The van der Waals surface area contributed by atoms with Crippen LogP contribution >= 0.6 is 0 Å². The molecular weight excluding hydrogens is 737 g/mol. The molecule has 60 heavy (non-hydrogen) atoms. The van der Waals surface area contributed by atoms with Gasteiger partial charge in [-0.3, -0.25) is 9.97 Å². The van der Waals surface area contributed by atoms with Crippen molar-refractivity contribution < 1.29 is 0 Å². The van der Waals surface area contributed by atoms with Crippen molar-refractivity contribution >= 4 is 53.9 Å². The summed E-state index contributed by atoms with van der Waals surface area (Å²) in [5.41, 5.74) is 5.45. The summed E-state index contributed by atoms with van der Waals surface area (Å²) in [7, 11) is 0. The summed E-state index contributed by atoms with van der Waals surface area (Å²) in [6.07, 6.45) is 7.06. The van der Waals surface area contributed by atoms with Crippen LogP contribution in [0.25, 0.3) is 122 Å². The summed E-state index contributed by atoms with van der Waals surface area (Å²) in [4.78, 5) is 39.4. The first-order valence-corrected chi connectivity index (χ1v) is 19.7. The van der Waals surface area contributed by atoms with E-state index in [1.54, 1.807) is 24.8 Å². The molecule has 278 valence electrons. The molecule has 0 aliphatic carbocycles. The molecule has 0 saturated heterocycles. The van der Waals surface area contributed by atoms with E-state index in [2.05, 4.69) is 119 Å². The molecule has 0 saturated carbocycles. The van der Waals surface area contributed by atoms with Crippen LogP contribution in [0.3, 0.4) is 0 Å². The molecule has 8 heteroatoms. The van der Waals surface area contributed by atoms with Crippen LogP contribution < -0.4 is 0 Å². The van der Waals surface area contributed by atoms with E-state index in [1.165, 1.54) is 0 Å². The molecule has 0 fully saturated rings. The van der Waals surface area contributed by atoms with Gasteiger partial charge in [-0.2, -0.15) is 0 Å². The molecule has 0 unspecified atom stereocenters. The van der Waals surface area contributed by atoms with Gasteiger partial charge in [0.1, 0.15) is 0 Å². The lowest BCUT2D eigenvalue weighted by molar-refractivity contribution is 1.08. The fourth-order valence-corrected chi connectivity index (χ4v) is 8.53. The van der Waals surface area contributed by atoms with Gasteiger partial charge in [-0.15, -0.1) is 0 Å². The van der Waals surface area contributed by atoms with Crippen molar-refractivity contribution in [1.82, 2.24) is 39.9 Å². The van der Waals surface area contributed by atoms with Crippen molar-refractivity contribution in [3.63, 3.8) is 0 Å². The number of benzene rings is 8. The quantitative estimate of drug-likeness (QED) is 0.154. The van der Waals surface area contributed by atoms with E-state index < -0.39 is 0 Å². The Labute approximate surface area is 343 Å². The van der Waals surface area contributed by atoms with Crippen molar-refractivity contribution in [3.05, 3.63) is 183 Å². The largest absolute Gasteiger partial charge is 0.265 e. The number of aromatic nitrogens is 8. The summed E-state index contributed by atoms with van der Waals surface area (Å²) in [5.74, 6) is 3.58. The average Bonchev–Trinajstić information content (AvgIpc) is 3.33. The summed E-state index contributed by atoms with van der Waals surface area (Å²) >= 11 is 0. The third-order valence-electron chi connectivity index (χ3n) is 11.4. The van der Waals surface area contributed by atoms with Crippen LogP contribution in [0.4, 0.5) is 0 Å². The monoisotopic (exact) mass is 766 g/mol. The van der Waals surface area contributed by atoms with Crippen LogP contribution in [0, 0.1) is 0 Å². The lowest BCUT2D eigenvalue weighted by Crippen LogP contribution is -2.02. The van der Waals surface area contributed by atoms with Gasteiger partial charge < -0.3 is 0 Å². The number of hydrogen-bond donors (Lipinski definition) is 0. The summed E-state index contributed by atoms with van der Waals surface area (Å²) in [6, 6.07) is 54.2. The van der Waals surface area contributed by atoms with Gasteiger partial charge in [0.2, 0.25) is 0 Å². The third kappa shape index (κ3) is 5.54. The van der Waals surface area contributed by atoms with Crippen LogP contribution in [0.15, 0.2) is 183 Å². The number of pyridine rings is 2. The second kappa shape index (κ2) is 13.6. The van der Waals surface area contributed by atoms with Gasteiger partial charge in [0.25, 0.3) is 0 Å². The maximum atomic E-state index is 5.23. The first-order valence-electron chi connectivity index (χ1n) is 19.7. The van der Waals surface area contributed by atoms with Gasteiger partial charge >= 0.3 is 0 Å². The Morgan fingerprint density at radius 1 is 0.233 bits per heavy atom. The predicted molar refractivity (Wildman–Crippen MR) is 240 cm³/mol. The van der Waals surface area contributed by atoms with E-state index >= 15 is 0 Å². The maximum Gasteiger partial charge on any atom is 0.164 e. The Morgan fingerprint density at radius 2 is 0.583 bits per heavy atom. The Bertz CT molecular complexity index is 3360. The van der Waals surface area contributed by atoms with Crippen LogP contribution in [0.5, 0.6) is 0 Å². The highest BCUT2D eigenvalue weighted by Crippen LogP contribution is 2.42. The van der Waals surface area contributed by atoms with E-state index in [0.29, 0.717) is 34.9 Å². The lowest BCUT2D eigenvalue weighted by atomic mass is 9.89. The van der Waals surface area contributed by atoms with Gasteiger partial charge in [0.15, 0.2) is 34.9 Å². The number of nitrogens with zero attached hydrogens (tertiary/aromatic N) is 8. The Hall–Kier alpha value is -8.36. The molecule has 4 aromatic heterocycles. The first-order chi connectivity index (χ1) is 29.7. The lowest BCUT2D eigenvalue weighted by Gasteiger charge is -2.17. The van der Waals surface area contributed by atoms with Crippen molar-refractivity contribution in [3.8, 4) is 68.3 Å². The molecule has 0 aliphatic rings. The summed E-state index contributed by atoms with van der Waals surface area (Å²) < 4.78 is 0. The Kier molecular flexibility index (Phi) is 7.67. The molecular formula is C52H30N8. The summed E-state index contributed by atoms with van der Waals surface area (Å²) in [5, 5.41) is 11.0. The van der Waals surface area contributed by atoms with Crippen LogP contribution in [-0.2, 0) is 0 Å². The fourth-order valence-electron chi connectivity index (χ4n) is 8.53. The minimum atomic E-state index is 0.583. The molecule has 0 N–H and O–H groups in total. The standard InChI is InChI=1S/C52H30N8/c1-3-11-37-31(7-1)9-5-13-41(37)49-55-47(35-23-27-53-28-24-35)57-51(59-49)43-21-17-33-16-20-40-44(22-18-34-15-19-39(43)45(33)46(34)40)52-58-48(36-25-29-54-30-26-36)56-50(60-52)42-14-6-10-32-8-2-4-12-38(32)42/h1-30H. The van der Waals surface area contributed by atoms with Gasteiger partial charge in [-0.1, -0.05) is 121 Å². The van der Waals surface area contributed by atoms with Gasteiger partial charge in [0.05, 0.1) is 0 Å². The number of rotatable bonds is 6. The third-order valence-corrected chi connectivity index (χ3v) is 11.4. The minimum Gasteiger partial charge on any atom is -0.265 e. The molecule has 0 bridgehead atoms. The van der Waals surface area contributed by atoms with Crippen molar-refractivity contribution in [1.29, 1.82) is 0 Å². The topological polar surface area (TPSA) is 103 Å². The molecule has 8 aromatic carbocycles. The minimum absolute atomic E-state index is 0.583. The Morgan fingerprint density at radius 3 is 1.02 bits per heavy atom. The van der Waals surface area contributed by atoms with Gasteiger partial charge in [-0.25, -0.2) is 29.9 Å². The normalized spacial score (nSPS) is 11.7. The van der Waals surface area contributed by atoms with Crippen LogP contribution in [0.1, 0.15) is 0 Å². The predicted octanol–water partition coefficient (Wildman–Crippen LogP) is 12.1. The van der Waals surface area contributed by atoms with Crippen LogP contribution in [0.2, 0.25) is 0 Å². The van der Waals surface area contributed by atoms with Crippen molar-refractivity contribution in [2.45, 2.75) is 0 Å². The van der Waals surface area contributed by atoms with Crippen molar-refractivity contribution in [2.24, 2.45) is 0 Å². The van der Waals surface area contributed by atoms with E-state index in [4.69, 9.17) is 29.9 Å². The Balaban J connectivity index is 1.09. The number of hydrogen-bond acceptors (Lipinski definition) is 8. The first kappa shape index (κ1) is 33.7. The smallest absolute Gasteiger partial charge is 0.164 e. The highest BCUT2D eigenvalue weighted by Gasteiger charge is 2.21. The average molecular weight is 767 g/mol. The molecule has 4 heterocycles. The molecule has 0 amide bonds. The van der Waals surface area contributed by atoms with Crippen LogP contribution in [-0.4, -0.2) is 39.9 Å². The fraction of sp³-hybridized carbons (Fsp3) is 0. The zero-order valence-electron chi connectivity index (χ0n) is 31.9. The zero-order chi connectivity index (χ0) is 39.6. The molecule has 0 aliphatic heterocycles.